The molecule has 0 unspecified atom stereocenters. The molecule has 0 radical (unpaired) electrons. The summed E-state index contributed by atoms with van der Waals surface area (Å²) in [5.74, 6) is 0.850. The van der Waals surface area contributed by atoms with Crippen LogP contribution in [0.15, 0.2) is 76.5 Å². The molecule has 28 heavy (non-hydrogen) atoms. The second kappa shape index (κ2) is 9.62. The van der Waals surface area contributed by atoms with E-state index in [1.165, 1.54) is 20.9 Å². The Balaban J connectivity index is 1.53. The largest absolute Gasteiger partial charge is 0.497 e. The average Bonchev–Trinajstić information content (AvgIpc) is 2.71. The predicted octanol–water partition coefficient (Wildman–Crippen LogP) is 5.95. The van der Waals surface area contributed by atoms with E-state index in [-0.39, 0.29) is 0 Å². The molecule has 0 atom stereocenters. The molecule has 0 saturated heterocycles. The summed E-state index contributed by atoms with van der Waals surface area (Å²) in [6, 6.07) is 22.8. The minimum absolute atomic E-state index is 0.603. The van der Waals surface area contributed by atoms with Crippen LogP contribution in [-0.2, 0) is 6.54 Å². The molecule has 0 aliphatic heterocycles. The Morgan fingerprint density at radius 2 is 1.68 bits per heavy atom. The van der Waals surface area contributed by atoms with Gasteiger partial charge in [0.2, 0.25) is 0 Å². The van der Waals surface area contributed by atoms with Crippen LogP contribution in [0.2, 0.25) is 0 Å². The Morgan fingerprint density at radius 3 is 2.36 bits per heavy atom. The Labute approximate surface area is 176 Å². The third-order valence-electron chi connectivity index (χ3n) is 4.30. The van der Waals surface area contributed by atoms with Crippen molar-refractivity contribution < 1.29 is 4.74 Å². The van der Waals surface area contributed by atoms with E-state index < -0.39 is 0 Å². The topological polar surface area (TPSA) is 33.3 Å². The van der Waals surface area contributed by atoms with Crippen molar-refractivity contribution in [2.24, 2.45) is 0 Å². The molecule has 3 aromatic carbocycles. The van der Waals surface area contributed by atoms with E-state index in [1.807, 2.05) is 24.3 Å². The molecule has 3 aromatic rings. The van der Waals surface area contributed by atoms with Gasteiger partial charge in [0.15, 0.2) is 5.11 Å². The van der Waals surface area contributed by atoms with Gasteiger partial charge in [-0.1, -0.05) is 36.0 Å². The summed E-state index contributed by atoms with van der Waals surface area (Å²) >= 11 is 7.18. The van der Waals surface area contributed by atoms with E-state index >= 15 is 0 Å². The van der Waals surface area contributed by atoms with Crippen LogP contribution in [0.25, 0.3) is 0 Å². The van der Waals surface area contributed by atoms with E-state index in [9.17, 15) is 0 Å². The fraction of sp³-hybridized carbons (Fsp3) is 0.174. The number of nitrogens with one attached hydrogen (secondary N) is 2. The number of anilines is 1. The third-order valence-corrected chi connectivity index (χ3v) is 5.71. The van der Waals surface area contributed by atoms with Gasteiger partial charge in [0.25, 0.3) is 0 Å². The van der Waals surface area contributed by atoms with Crippen LogP contribution >= 0.6 is 24.0 Å². The van der Waals surface area contributed by atoms with Crippen LogP contribution in [0.5, 0.6) is 5.75 Å². The molecular formula is C23H24N2OS2. The first-order valence-corrected chi connectivity index (χ1v) is 10.3. The summed E-state index contributed by atoms with van der Waals surface area (Å²) in [7, 11) is 1.66. The molecule has 2 N–H and O–H groups in total. The van der Waals surface area contributed by atoms with Crippen molar-refractivity contribution >= 4 is 34.8 Å². The Kier molecular flexibility index (Phi) is 6.95. The highest BCUT2D eigenvalue weighted by molar-refractivity contribution is 7.99. The van der Waals surface area contributed by atoms with Crippen LogP contribution in [0, 0.1) is 13.8 Å². The lowest BCUT2D eigenvalue weighted by atomic mass is 10.2. The fourth-order valence-electron chi connectivity index (χ4n) is 2.65. The Hall–Kier alpha value is -2.50. The third kappa shape index (κ3) is 5.75. The number of aryl methyl sites for hydroxylation is 2. The lowest BCUT2D eigenvalue weighted by Gasteiger charge is -2.12. The van der Waals surface area contributed by atoms with Crippen LogP contribution < -0.4 is 15.4 Å². The number of hydrogen-bond donors (Lipinski definition) is 2. The highest BCUT2D eigenvalue weighted by atomic mass is 32.2. The summed E-state index contributed by atoms with van der Waals surface area (Å²) in [6.45, 7) is 4.93. The van der Waals surface area contributed by atoms with Crippen molar-refractivity contribution in [3.8, 4) is 5.75 Å². The maximum absolute atomic E-state index is 5.40. The van der Waals surface area contributed by atoms with E-state index in [0.717, 1.165) is 17.0 Å². The van der Waals surface area contributed by atoms with Crippen LogP contribution in [0.4, 0.5) is 5.69 Å². The molecule has 0 amide bonds. The van der Waals surface area contributed by atoms with Gasteiger partial charge in [-0.25, -0.2) is 0 Å². The minimum Gasteiger partial charge on any atom is -0.497 e. The molecule has 0 saturated carbocycles. The molecule has 0 heterocycles. The maximum atomic E-state index is 5.40. The first-order valence-electron chi connectivity index (χ1n) is 9.06. The van der Waals surface area contributed by atoms with Gasteiger partial charge in [-0.05, 0) is 85.2 Å². The highest BCUT2D eigenvalue weighted by Crippen LogP contribution is 2.31. The van der Waals surface area contributed by atoms with Crippen LogP contribution in [0.3, 0.4) is 0 Å². The molecule has 3 rings (SSSR count). The lowest BCUT2D eigenvalue weighted by Crippen LogP contribution is -2.27. The van der Waals surface area contributed by atoms with Gasteiger partial charge in [-0.3, -0.25) is 0 Å². The fourth-order valence-corrected chi connectivity index (χ4v) is 3.84. The quantitative estimate of drug-likeness (QED) is 0.493. The van der Waals surface area contributed by atoms with E-state index in [1.54, 1.807) is 18.9 Å². The summed E-state index contributed by atoms with van der Waals surface area (Å²) in [5.41, 5.74) is 4.68. The monoisotopic (exact) mass is 408 g/mol. The van der Waals surface area contributed by atoms with Crippen molar-refractivity contribution in [3.63, 3.8) is 0 Å². The van der Waals surface area contributed by atoms with E-state index in [4.69, 9.17) is 17.0 Å². The maximum Gasteiger partial charge on any atom is 0.171 e. The molecule has 144 valence electrons. The molecule has 3 nitrogen and oxygen atoms in total. The lowest BCUT2D eigenvalue weighted by molar-refractivity contribution is 0.414. The second-order valence-corrected chi connectivity index (χ2v) is 8.07. The van der Waals surface area contributed by atoms with Gasteiger partial charge in [0.05, 0.1) is 7.11 Å². The summed E-state index contributed by atoms with van der Waals surface area (Å²) in [6.07, 6.45) is 0. The van der Waals surface area contributed by atoms with Gasteiger partial charge in [0.1, 0.15) is 5.75 Å². The van der Waals surface area contributed by atoms with Gasteiger partial charge in [-0.15, -0.1) is 0 Å². The Bertz CT molecular complexity index is 938. The van der Waals surface area contributed by atoms with Gasteiger partial charge in [-0.2, -0.15) is 0 Å². The smallest absolute Gasteiger partial charge is 0.171 e. The standard InChI is InChI=1S/C23H24N2OS2/c1-16-4-5-17(2)22(14-16)28-21-12-8-19(9-13-21)25-23(27)24-15-18-6-10-20(26-3)11-7-18/h4-14H,15H2,1-3H3,(H2,24,25,27). The first kappa shape index (κ1) is 20.2. The number of hydrogen-bond acceptors (Lipinski definition) is 3. The zero-order chi connectivity index (χ0) is 19.9. The number of benzene rings is 3. The molecular weight excluding hydrogens is 384 g/mol. The molecule has 0 aliphatic rings. The van der Waals surface area contributed by atoms with Crippen LogP contribution in [-0.4, -0.2) is 12.2 Å². The van der Waals surface area contributed by atoms with Crippen molar-refractivity contribution in [1.29, 1.82) is 0 Å². The summed E-state index contributed by atoms with van der Waals surface area (Å²) in [4.78, 5) is 2.49. The van der Waals surface area contributed by atoms with E-state index in [2.05, 4.69) is 66.9 Å². The highest BCUT2D eigenvalue weighted by Gasteiger charge is 2.03. The van der Waals surface area contributed by atoms with Crippen molar-refractivity contribution in [2.45, 2.75) is 30.2 Å². The van der Waals surface area contributed by atoms with Gasteiger partial charge < -0.3 is 15.4 Å². The average molecular weight is 409 g/mol. The second-order valence-electron chi connectivity index (χ2n) is 6.55. The van der Waals surface area contributed by atoms with E-state index in [0.29, 0.717) is 11.7 Å². The molecule has 0 aromatic heterocycles. The minimum atomic E-state index is 0.603. The normalized spacial score (nSPS) is 10.4. The molecule has 5 heteroatoms. The summed E-state index contributed by atoms with van der Waals surface area (Å²) in [5, 5.41) is 7.06. The van der Waals surface area contributed by atoms with Crippen molar-refractivity contribution in [2.75, 3.05) is 12.4 Å². The summed E-state index contributed by atoms with van der Waals surface area (Å²) < 4.78 is 5.17. The van der Waals surface area contributed by atoms with Crippen LogP contribution in [0.1, 0.15) is 16.7 Å². The van der Waals surface area contributed by atoms with Gasteiger partial charge in [0, 0.05) is 22.0 Å². The molecule has 0 fully saturated rings. The first-order chi connectivity index (χ1) is 13.5. The molecule has 0 spiro atoms. The van der Waals surface area contributed by atoms with Crippen molar-refractivity contribution in [3.05, 3.63) is 83.4 Å². The Morgan fingerprint density at radius 1 is 0.964 bits per heavy atom. The number of ether oxygens (including phenoxy) is 1. The SMILES string of the molecule is COc1ccc(CNC(=S)Nc2ccc(Sc3cc(C)ccc3C)cc2)cc1. The van der Waals surface area contributed by atoms with Gasteiger partial charge >= 0.3 is 0 Å². The molecule has 0 aliphatic carbocycles. The number of thiocarbonyl (C=S) groups is 1. The number of methoxy groups -OCH3 is 1. The van der Waals surface area contributed by atoms with Crippen molar-refractivity contribution in [1.82, 2.24) is 5.32 Å². The zero-order valence-electron chi connectivity index (χ0n) is 16.3. The molecule has 0 bridgehead atoms. The number of rotatable bonds is 6. The predicted molar refractivity (Wildman–Crippen MR) is 123 cm³/mol. The zero-order valence-corrected chi connectivity index (χ0v) is 17.9.